The molecule has 3 N–H and O–H groups in total. The lowest BCUT2D eigenvalue weighted by atomic mass is 10.3. The van der Waals surface area contributed by atoms with Gasteiger partial charge in [-0.1, -0.05) is 6.92 Å². The van der Waals surface area contributed by atoms with Crippen molar-refractivity contribution >= 4 is 5.82 Å². The predicted octanol–water partition coefficient (Wildman–Crippen LogP) is 1.27. The van der Waals surface area contributed by atoms with Gasteiger partial charge in [0.15, 0.2) is 5.82 Å². The third-order valence-electron chi connectivity index (χ3n) is 2.64. The molecular formula is C12H18N6. The van der Waals surface area contributed by atoms with Crippen LogP contribution in [-0.2, 0) is 13.0 Å². The fourth-order valence-corrected chi connectivity index (χ4v) is 1.86. The van der Waals surface area contributed by atoms with Gasteiger partial charge in [-0.2, -0.15) is 0 Å². The van der Waals surface area contributed by atoms with Crippen LogP contribution in [0.25, 0.3) is 0 Å². The number of hydrazine groups is 1. The average Bonchev–Trinajstić information content (AvgIpc) is 2.76. The number of anilines is 1. The van der Waals surface area contributed by atoms with Gasteiger partial charge in [0.2, 0.25) is 0 Å². The van der Waals surface area contributed by atoms with E-state index in [1.54, 1.807) is 0 Å². The summed E-state index contributed by atoms with van der Waals surface area (Å²) >= 11 is 0. The summed E-state index contributed by atoms with van der Waals surface area (Å²) in [6.45, 7) is 4.68. The van der Waals surface area contributed by atoms with Crippen LogP contribution in [0.2, 0.25) is 0 Å². The van der Waals surface area contributed by atoms with Gasteiger partial charge in [-0.3, -0.25) is 0 Å². The Morgan fingerprint density at radius 1 is 1.39 bits per heavy atom. The maximum Gasteiger partial charge on any atom is 0.150 e. The van der Waals surface area contributed by atoms with Crippen LogP contribution < -0.4 is 11.3 Å². The van der Waals surface area contributed by atoms with Gasteiger partial charge < -0.3 is 9.99 Å². The quantitative estimate of drug-likeness (QED) is 0.613. The highest BCUT2D eigenvalue weighted by atomic mass is 15.3. The van der Waals surface area contributed by atoms with Crippen molar-refractivity contribution in [1.29, 1.82) is 0 Å². The highest BCUT2D eigenvalue weighted by molar-refractivity contribution is 5.34. The minimum Gasteiger partial charge on any atom is -0.327 e. The van der Waals surface area contributed by atoms with E-state index in [1.807, 2.05) is 25.4 Å². The Morgan fingerprint density at radius 2 is 2.22 bits per heavy atom. The van der Waals surface area contributed by atoms with E-state index in [4.69, 9.17) is 5.84 Å². The zero-order valence-corrected chi connectivity index (χ0v) is 10.7. The van der Waals surface area contributed by atoms with Crippen molar-refractivity contribution in [3.63, 3.8) is 0 Å². The van der Waals surface area contributed by atoms with Crippen LogP contribution in [0.4, 0.5) is 5.82 Å². The van der Waals surface area contributed by atoms with E-state index >= 15 is 0 Å². The highest BCUT2D eigenvalue weighted by Crippen LogP contribution is 2.08. The number of imidazole rings is 1. The molecule has 2 aromatic rings. The van der Waals surface area contributed by atoms with Gasteiger partial charge in [-0.05, 0) is 13.3 Å². The minimum atomic E-state index is 0.617. The molecule has 2 rings (SSSR count). The largest absolute Gasteiger partial charge is 0.327 e. The van der Waals surface area contributed by atoms with E-state index in [0.29, 0.717) is 12.4 Å². The topological polar surface area (TPSA) is 81.7 Å². The van der Waals surface area contributed by atoms with Crippen LogP contribution in [0, 0.1) is 6.92 Å². The summed E-state index contributed by atoms with van der Waals surface area (Å²) in [5.41, 5.74) is 3.45. The molecule has 0 radical (unpaired) electrons. The van der Waals surface area contributed by atoms with Crippen molar-refractivity contribution in [3.05, 3.63) is 35.8 Å². The van der Waals surface area contributed by atoms with Crippen molar-refractivity contribution in [2.45, 2.75) is 33.2 Å². The molecular weight excluding hydrogens is 228 g/mol. The second kappa shape index (κ2) is 5.59. The molecule has 0 aromatic carbocycles. The lowest BCUT2D eigenvalue weighted by molar-refractivity contribution is 0.676. The average molecular weight is 246 g/mol. The van der Waals surface area contributed by atoms with Gasteiger partial charge in [0, 0.05) is 30.6 Å². The molecule has 6 nitrogen and oxygen atoms in total. The van der Waals surface area contributed by atoms with Crippen molar-refractivity contribution in [3.8, 4) is 0 Å². The van der Waals surface area contributed by atoms with Crippen LogP contribution in [0.3, 0.4) is 0 Å². The lowest BCUT2D eigenvalue weighted by Gasteiger charge is -2.08. The molecule has 2 heterocycles. The first-order chi connectivity index (χ1) is 8.72. The molecule has 0 saturated heterocycles. The molecule has 6 heteroatoms. The second-order valence-electron chi connectivity index (χ2n) is 4.18. The lowest BCUT2D eigenvalue weighted by Crippen LogP contribution is -2.13. The van der Waals surface area contributed by atoms with E-state index < -0.39 is 0 Å². The van der Waals surface area contributed by atoms with Gasteiger partial charge >= 0.3 is 0 Å². The number of nitrogens with two attached hydrogens (primary N) is 1. The first kappa shape index (κ1) is 12.5. The number of rotatable bonds is 5. The summed E-state index contributed by atoms with van der Waals surface area (Å²) < 4.78 is 2.07. The van der Waals surface area contributed by atoms with Gasteiger partial charge in [-0.25, -0.2) is 20.8 Å². The van der Waals surface area contributed by atoms with E-state index in [-0.39, 0.29) is 0 Å². The van der Waals surface area contributed by atoms with Crippen LogP contribution in [0.5, 0.6) is 0 Å². The van der Waals surface area contributed by atoms with Gasteiger partial charge in [0.05, 0.1) is 6.54 Å². The molecule has 0 unspecified atom stereocenters. The number of hydrogen-bond acceptors (Lipinski definition) is 5. The van der Waals surface area contributed by atoms with Crippen molar-refractivity contribution < 1.29 is 0 Å². The normalized spacial score (nSPS) is 10.6. The Bertz CT molecular complexity index is 519. The smallest absolute Gasteiger partial charge is 0.150 e. The van der Waals surface area contributed by atoms with E-state index in [9.17, 15) is 0 Å². The van der Waals surface area contributed by atoms with Crippen LogP contribution in [-0.4, -0.2) is 19.5 Å². The Labute approximate surface area is 106 Å². The van der Waals surface area contributed by atoms with E-state index in [2.05, 4.69) is 31.9 Å². The SMILES string of the molecule is CCCc1nccn1Cc1nc(C)cc(NN)n1. The van der Waals surface area contributed by atoms with Crippen LogP contribution >= 0.6 is 0 Å². The van der Waals surface area contributed by atoms with Crippen molar-refractivity contribution in [1.82, 2.24) is 19.5 Å². The van der Waals surface area contributed by atoms with Crippen LogP contribution in [0.1, 0.15) is 30.7 Å². The van der Waals surface area contributed by atoms with E-state index in [1.165, 1.54) is 0 Å². The number of nitrogens with zero attached hydrogens (tertiary/aromatic N) is 4. The summed E-state index contributed by atoms with van der Waals surface area (Å²) in [5, 5.41) is 0. The monoisotopic (exact) mass is 246 g/mol. The Morgan fingerprint density at radius 3 is 2.94 bits per heavy atom. The van der Waals surface area contributed by atoms with E-state index in [0.717, 1.165) is 30.2 Å². The molecule has 18 heavy (non-hydrogen) atoms. The van der Waals surface area contributed by atoms with Crippen molar-refractivity contribution in [2.75, 3.05) is 5.43 Å². The Kier molecular flexibility index (Phi) is 3.88. The number of aryl methyl sites for hydroxylation is 2. The third-order valence-corrected chi connectivity index (χ3v) is 2.64. The summed E-state index contributed by atoms with van der Waals surface area (Å²) in [6.07, 6.45) is 5.79. The number of hydrogen-bond donors (Lipinski definition) is 2. The number of aromatic nitrogens is 4. The van der Waals surface area contributed by atoms with Gasteiger partial charge in [-0.15, -0.1) is 0 Å². The third kappa shape index (κ3) is 2.84. The summed E-state index contributed by atoms with van der Waals surface area (Å²) in [5.74, 6) is 7.81. The van der Waals surface area contributed by atoms with Crippen LogP contribution in [0.15, 0.2) is 18.5 Å². The standard InChI is InChI=1S/C12H18N6/c1-3-4-12-14-5-6-18(12)8-11-15-9(2)7-10(16-11)17-13/h5-7H,3-4,8,13H2,1-2H3,(H,15,16,17). The van der Waals surface area contributed by atoms with Crippen molar-refractivity contribution in [2.24, 2.45) is 5.84 Å². The minimum absolute atomic E-state index is 0.617. The molecule has 96 valence electrons. The highest BCUT2D eigenvalue weighted by Gasteiger charge is 2.06. The second-order valence-corrected chi connectivity index (χ2v) is 4.18. The van der Waals surface area contributed by atoms with Gasteiger partial charge in [0.1, 0.15) is 11.6 Å². The summed E-state index contributed by atoms with van der Waals surface area (Å²) in [7, 11) is 0. The fraction of sp³-hybridized carbons (Fsp3) is 0.417. The molecule has 0 aliphatic carbocycles. The molecule has 0 atom stereocenters. The van der Waals surface area contributed by atoms with Gasteiger partial charge in [0.25, 0.3) is 0 Å². The Balaban J connectivity index is 2.22. The first-order valence-electron chi connectivity index (χ1n) is 6.04. The molecule has 0 aliphatic heterocycles. The fourth-order valence-electron chi connectivity index (χ4n) is 1.86. The summed E-state index contributed by atoms with van der Waals surface area (Å²) in [6, 6.07) is 1.81. The zero-order chi connectivity index (χ0) is 13.0. The molecule has 0 saturated carbocycles. The Hall–Kier alpha value is -1.95. The zero-order valence-electron chi connectivity index (χ0n) is 10.7. The number of nitrogen functional groups attached to an aromatic ring is 1. The molecule has 0 amide bonds. The summed E-state index contributed by atoms with van der Waals surface area (Å²) in [4.78, 5) is 13.1. The maximum atomic E-state index is 5.38. The predicted molar refractivity (Wildman–Crippen MR) is 69.9 cm³/mol. The molecule has 0 aliphatic rings. The first-order valence-corrected chi connectivity index (χ1v) is 6.04. The molecule has 0 spiro atoms. The number of nitrogens with one attached hydrogen (secondary N) is 1. The molecule has 0 fully saturated rings. The maximum absolute atomic E-state index is 5.38. The molecule has 0 bridgehead atoms. The molecule has 2 aromatic heterocycles.